The van der Waals surface area contributed by atoms with E-state index in [1.54, 1.807) is 12.1 Å². The summed E-state index contributed by atoms with van der Waals surface area (Å²) in [5.74, 6) is -0.0334. The summed E-state index contributed by atoms with van der Waals surface area (Å²) in [5, 5.41) is 3.47. The van der Waals surface area contributed by atoms with Gasteiger partial charge in [0.25, 0.3) is 0 Å². The summed E-state index contributed by atoms with van der Waals surface area (Å²) >= 11 is 6.08. The highest BCUT2D eigenvalue weighted by Crippen LogP contribution is 2.32. The zero-order valence-electron chi connectivity index (χ0n) is 13.9. The Kier molecular flexibility index (Phi) is 7.55. The molecule has 0 saturated carbocycles. The fourth-order valence-corrected chi connectivity index (χ4v) is 2.46. The van der Waals surface area contributed by atoms with Crippen LogP contribution in [0.3, 0.4) is 0 Å². The molecule has 0 aliphatic carbocycles. The number of benzene rings is 2. The minimum absolute atomic E-state index is 0. The van der Waals surface area contributed by atoms with Crippen molar-refractivity contribution in [2.45, 2.75) is 19.9 Å². The Hall–Kier alpha value is -1.75. The molecule has 2 aromatic rings. The lowest BCUT2D eigenvalue weighted by Crippen LogP contribution is -2.30. The summed E-state index contributed by atoms with van der Waals surface area (Å²) in [7, 11) is 1.54. The quantitative estimate of drug-likeness (QED) is 0.823. The molecule has 0 fully saturated rings. The number of amides is 1. The van der Waals surface area contributed by atoms with Crippen LogP contribution in [0.2, 0.25) is 5.02 Å². The number of aryl methyl sites for hydroxylation is 1. The molecule has 0 bridgehead atoms. The van der Waals surface area contributed by atoms with Crippen LogP contribution in [0.1, 0.15) is 24.1 Å². The van der Waals surface area contributed by atoms with Crippen LogP contribution in [0.25, 0.3) is 0 Å². The van der Waals surface area contributed by atoms with Crippen molar-refractivity contribution < 1.29 is 9.53 Å². The molecule has 24 heavy (non-hydrogen) atoms. The van der Waals surface area contributed by atoms with E-state index < -0.39 is 5.92 Å². The van der Waals surface area contributed by atoms with Crippen LogP contribution in [-0.4, -0.2) is 13.0 Å². The number of methoxy groups -OCH3 is 1. The second kappa shape index (κ2) is 8.92. The number of hydrogen-bond donors (Lipinski definition) is 2. The van der Waals surface area contributed by atoms with Crippen molar-refractivity contribution in [2.75, 3.05) is 12.4 Å². The summed E-state index contributed by atoms with van der Waals surface area (Å²) in [6, 6.07) is 12.7. The van der Waals surface area contributed by atoms with Crippen LogP contribution in [0.5, 0.6) is 5.75 Å². The molecule has 0 aromatic heterocycles. The SMILES string of the molecule is COc1cc(Cl)c(C)cc1NC(=O)C(C)C(N)c1ccccc1.Cl. The Morgan fingerprint density at radius 1 is 1.25 bits per heavy atom. The molecule has 0 heterocycles. The number of carbonyl (C=O) groups excluding carboxylic acids is 1. The lowest BCUT2D eigenvalue weighted by molar-refractivity contribution is -0.120. The Bertz CT molecular complexity index is 693. The van der Waals surface area contributed by atoms with Crippen molar-refractivity contribution >= 4 is 35.6 Å². The van der Waals surface area contributed by atoms with Gasteiger partial charge in [0.2, 0.25) is 5.91 Å². The van der Waals surface area contributed by atoms with Gasteiger partial charge in [-0.15, -0.1) is 12.4 Å². The highest BCUT2D eigenvalue weighted by molar-refractivity contribution is 6.31. The fraction of sp³-hybridized carbons (Fsp3) is 0.278. The van der Waals surface area contributed by atoms with Crippen molar-refractivity contribution in [2.24, 2.45) is 11.7 Å². The number of rotatable bonds is 5. The number of hydrogen-bond acceptors (Lipinski definition) is 3. The van der Waals surface area contributed by atoms with Gasteiger partial charge in [0.15, 0.2) is 0 Å². The van der Waals surface area contributed by atoms with E-state index in [2.05, 4.69) is 5.32 Å². The van der Waals surface area contributed by atoms with Gasteiger partial charge in [-0.1, -0.05) is 48.9 Å². The maximum atomic E-state index is 12.5. The molecule has 130 valence electrons. The maximum absolute atomic E-state index is 12.5. The third kappa shape index (κ3) is 4.63. The highest BCUT2D eigenvalue weighted by Gasteiger charge is 2.23. The predicted molar refractivity (Wildman–Crippen MR) is 101 cm³/mol. The van der Waals surface area contributed by atoms with Gasteiger partial charge < -0.3 is 15.8 Å². The Morgan fingerprint density at radius 2 is 1.88 bits per heavy atom. The maximum Gasteiger partial charge on any atom is 0.229 e. The van der Waals surface area contributed by atoms with Crippen molar-refractivity contribution in [3.8, 4) is 5.75 Å². The van der Waals surface area contributed by atoms with Crippen LogP contribution in [0.4, 0.5) is 5.69 Å². The molecule has 2 unspecified atom stereocenters. The van der Waals surface area contributed by atoms with E-state index >= 15 is 0 Å². The molecular weight excluding hydrogens is 347 g/mol. The first kappa shape index (κ1) is 20.3. The number of halogens is 2. The molecular formula is C18H22Cl2N2O2. The minimum atomic E-state index is -0.391. The Balaban J connectivity index is 0.00000288. The third-order valence-corrected chi connectivity index (χ3v) is 4.28. The molecule has 2 rings (SSSR count). The summed E-state index contributed by atoms with van der Waals surface area (Å²) in [5.41, 5.74) is 8.58. The monoisotopic (exact) mass is 368 g/mol. The number of nitrogens with one attached hydrogen (secondary N) is 1. The molecule has 1 amide bonds. The molecule has 4 nitrogen and oxygen atoms in total. The van der Waals surface area contributed by atoms with Gasteiger partial charge in [0, 0.05) is 17.1 Å². The second-order valence-electron chi connectivity index (χ2n) is 5.52. The van der Waals surface area contributed by atoms with Crippen molar-refractivity contribution in [1.29, 1.82) is 0 Å². The van der Waals surface area contributed by atoms with Crippen LogP contribution in [0, 0.1) is 12.8 Å². The molecule has 3 N–H and O–H groups in total. The van der Waals surface area contributed by atoms with E-state index in [0.29, 0.717) is 16.5 Å². The lowest BCUT2D eigenvalue weighted by atomic mass is 9.94. The summed E-state index contributed by atoms with van der Waals surface area (Å²) in [6.07, 6.45) is 0. The molecule has 0 spiro atoms. The average Bonchev–Trinajstić information content (AvgIpc) is 2.57. The second-order valence-corrected chi connectivity index (χ2v) is 5.92. The third-order valence-electron chi connectivity index (χ3n) is 3.88. The van der Waals surface area contributed by atoms with Gasteiger partial charge in [-0.2, -0.15) is 0 Å². The molecule has 0 radical (unpaired) electrons. The van der Waals surface area contributed by atoms with E-state index in [1.807, 2.05) is 44.2 Å². The van der Waals surface area contributed by atoms with E-state index in [-0.39, 0.29) is 24.4 Å². The van der Waals surface area contributed by atoms with Gasteiger partial charge in [-0.25, -0.2) is 0 Å². The van der Waals surface area contributed by atoms with Crippen LogP contribution in [0.15, 0.2) is 42.5 Å². The van der Waals surface area contributed by atoms with Crippen molar-refractivity contribution in [3.05, 3.63) is 58.6 Å². The first-order valence-electron chi connectivity index (χ1n) is 7.39. The predicted octanol–water partition coefficient (Wildman–Crippen LogP) is 4.35. The minimum Gasteiger partial charge on any atom is -0.495 e. The van der Waals surface area contributed by atoms with Crippen LogP contribution >= 0.6 is 24.0 Å². The van der Waals surface area contributed by atoms with Crippen LogP contribution < -0.4 is 15.8 Å². The summed E-state index contributed by atoms with van der Waals surface area (Å²) in [6.45, 7) is 3.68. The van der Waals surface area contributed by atoms with Gasteiger partial charge in [0.05, 0.1) is 18.7 Å². The lowest BCUT2D eigenvalue weighted by Gasteiger charge is -2.21. The number of ether oxygens (including phenoxy) is 1. The molecule has 6 heteroatoms. The normalized spacial score (nSPS) is 12.7. The Morgan fingerprint density at radius 3 is 2.46 bits per heavy atom. The smallest absolute Gasteiger partial charge is 0.229 e. The molecule has 2 aromatic carbocycles. The number of carbonyl (C=O) groups is 1. The van der Waals surface area contributed by atoms with Gasteiger partial charge in [-0.05, 0) is 24.1 Å². The Labute approximate surface area is 153 Å². The topological polar surface area (TPSA) is 64.3 Å². The number of anilines is 1. The van der Waals surface area contributed by atoms with Crippen molar-refractivity contribution in [1.82, 2.24) is 0 Å². The van der Waals surface area contributed by atoms with Crippen LogP contribution in [-0.2, 0) is 4.79 Å². The van der Waals surface area contributed by atoms with E-state index in [9.17, 15) is 4.79 Å². The first-order chi connectivity index (χ1) is 10.9. The van der Waals surface area contributed by atoms with E-state index in [4.69, 9.17) is 22.1 Å². The average molecular weight is 369 g/mol. The largest absolute Gasteiger partial charge is 0.495 e. The van der Waals surface area contributed by atoms with Gasteiger partial charge in [0.1, 0.15) is 5.75 Å². The van der Waals surface area contributed by atoms with Crippen molar-refractivity contribution in [3.63, 3.8) is 0 Å². The summed E-state index contributed by atoms with van der Waals surface area (Å²) in [4.78, 5) is 12.5. The molecule has 0 saturated heterocycles. The highest BCUT2D eigenvalue weighted by atomic mass is 35.5. The first-order valence-corrected chi connectivity index (χ1v) is 7.77. The van der Waals surface area contributed by atoms with E-state index in [0.717, 1.165) is 11.1 Å². The molecule has 0 aliphatic rings. The van der Waals surface area contributed by atoms with E-state index in [1.165, 1.54) is 7.11 Å². The fourth-order valence-electron chi connectivity index (χ4n) is 2.30. The zero-order chi connectivity index (χ0) is 17.0. The van der Waals surface area contributed by atoms with Gasteiger partial charge >= 0.3 is 0 Å². The molecule has 0 aliphatic heterocycles. The standard InChI is InChI=1S/C18H21ClN2O2.ClH/c1-11-9-15(16(23-3)10-14(11)19)21-18(22)12(2)17(20)13-7-5-4-6-8-13;/h4-10,12,17H,20H2,1-3H3,(H,21,22);1H. The van der Waals surface area contributed by atoms with Gasteiger partial charge in [-0.3, -0.25) is 4.79 Å². The number of nitrogens with two attached hydrogens (primary N) is 1. The summed E-state index contributed by atoms with van der Waals surface area (Å²) < 4.78 is 5.28. The molecule has 2 atom stereocenters. The zero-order valence-corrected chi connectivity index (χ0v) is 15.4.